The fourth-order valence-electron chi connectivity index (χ4n) is 2.27. The largest absolute Gasteiger partial charge is 0.287 e. The lowest BCUT2D eigenvalue weighted by Gasteiger charge is -2.07. The molecule has 18 heavy (non-hydrogen) atoms. The zero-order valence-electron chi connectivity index (χ0n) is 10.5. The molecule has 3 aromatic rings. The minimum absolute atomic E-state index is 0.402. The quantitative estimate of drug-likeness (QED) is 0.682. The lowest BCUT2D eigenvalue weighted by molar-refractivity contribution is 0.808. The lowest BCUT2D eigenvalue weighted by Crippen LogP contribution is -1.97. The summed E-state index contributed by atoms with van der Waals surface area (Å²) in [4.78, 5) is 8.98. The minimum Gasteiger partial charge on any atom is -0.287 e. The van der Waals surface area contributed by atoms with Crippen molar-refractivity contribution in [1.29, 1.82) is 0 Å². The van der Waals surface area contributed by atoms with Crippen molar-refractivity contribution in [3.63, 3.8) is 0 Å². The molecule has 0 saturated carbocycles. The van der Waals surface area contributed by atoms with Gasteiger partial charge in [0.25, 0.3) is 0 Å². The highest BCUT2D eigenvalue weighted by atomic mass is 15.1. The molecule has 0 unspecified atom stereocenters. The van der Waals surface area contributed by atoms with E-state index in [2.05, 4.69) is 40.3 Å². The first kappa shape index (κ1) is 11.0. The molecule has 3 heteroatoms. The summed E-state index contributed by atoms with van der Waals surface area (Å²) in [5.41, 5.74) is 3.39. The smallest absolute Gasteiger partial charge is 0.234 e. The number of rotatable bonds is 2. The Labute approximate surface area is 106 Å². The minimum atomic E-state index is 0.402. The third kappa shape index (κ3) is 1.68. The van der Waals surface area contributed by atoms with Crippen molar-refractivity contribution in [2.45, 2.75) is 19.8 Å². The summed E-state index contributed by atoms with van der Waals surface area (Å²) in [6.07, 6.45) is 3.80. The predicted octanol–water partition coefficient (Wildman–Crippen LogP) is 3.52. The highest BCUT2D eigenvalue weighted by Gasteiger charge is 2.16. The van der Waals surface area contributed by atoms with Crippen LogP contribution in [0.15, 0.2) is 48.8 Å². The van der Waals surface area contributed by atoms with Crippen LogP contribution in [0.2, 0.25) is 0 Å². The van der Waals surface area contributed by atoms with Crippen LogP contribution in [0.25, 0.3) is 17.0 Å². The third-order valence-corrected chi connectivity index (χ3v) is 3.03. The lowest BCUT2D eigenvalue weighted by atomic mass is 10.0. The molecule has 2 aromatic heterocycles. The summed E-state index contributed by atoms with van der Waals surface area (Å²) in [5, 5.41) is 0. The molecule has 3 nitrogen and oxygen atoms in total. The van der Waals surface area contributed by atoms with E-state index in [4.69, 9.17) is 0 Å². The van der Waals surface area contributed by atoms with Gasteiger partial charge in [-0.3, -0.25) is 4.40 Å². The van der Waals surface area contributed by atoms with Gasteiger partial charge in [0.15, 0.2) is 0 Å². The van der Waals surface area contributed by atoms with Crippen molar-refractivity contribution < 1.29 is 0 Å². The number of imidazole rings is 1. The van der Waals surface area contributed by atoms with Gasteiger partial charge in [0, 0.05) is 18.0 Å². The fraction of sp³-hybridized carbons (Fsp3) is 0.200. The highest BCUT2D eigenvalue weighted by Crippen LogP contribution is 2.28. The number of aromatic nitrogens is 3. The number of hydrogen-bond donors (Lipinski definition) is 0. The van der Waals surface area contributed by atoms with Crippen LogP contribution in [0.1, 0.15) is 25.5 Å². The number of benzene rings is 1. The SMILES string of the molecule is CC(C)c1c(-c2ccccc2)nc2ncccn12. The van der Waals surface area contributed by atoms with Crippen molar-refractivity contribution >= 4 is 5.78 Å². The molecule has 0 amide bonds. The van der Waals surface area contributed by atoms with Crippen molar-refractivity contribution in [2.24, 2.45) is 0 Å². The van der Waals surface area contributed by atoms with E-state index in [0.717, 1.165) is 17.0 Å². The highest BCUT2D eigenvalue weighted by molar-refractivity contribution is 5.65. The Morgan fingerprint density at radius 1 is 1.06 bits per heavy atom. The Balaban J connectivity index is 2.32. The molecule has 0 aliphatic heterocycles. The van der Waals surface area contributed by atoms with Crippen LogP contribution in [0, 0.1) is 0 Å². The van der Waals surface area contributed by atoms with Crippen LogP contribution >= 0.6 is 0 Å². The molecule has 0 fully saturated rings. The summed E-state index contributed by atoms with van der Waals surface area (Å²) >= 11 is 0. The van der Waals surface area contributed by atoms with Gasteiger partial charge in [-0.2, -0.15) is 0 Å². The van der Waals surface area contributed by atoms with Crippen molar-refractivity contribution in [1.82, 2.24) is 14.4 Å². The molecule has 3 rings (SSSR count). The van der Waals surface area contributed by atoms with Gasteiger partial charge in [-0.1, -0.05) is 44.2 Å². The van der Waals surface area contributed by atoms with Crippen LogP contribution < -0.4 is 0 Å². The molecule has 0 saturated heterocycles. The molecule has 0 N–H and O–H groups in total. The van der Waals surface area contributed by atoms with E-state index in [1.54, 1.807) is 6.20 Å². The molecule has 0 aliphatic rings. The first-order chi connectivity index (χ1) is 8.77. The standard InChI is InChI=1S/C15H15N3/c1-11(2)14-13(12-7-4-3-5-8-12)17-15-16-9-6-10-18(14)15/h3-11H,1-2H3. The van der Waals surface area contributed by atoms with E-state index in [1.165, 1.54) is 5.69 Å². The molecular formula is C15H15N3. The van der Waals surface area contributed by atoms with Gasteiger partial charge in [-0.05, 0) is 12.0 Å². The summed E-state index contributed by atoms with van der Waals surface area (Å²) in [7, 11) is 0. The van der Waals surface area contributed by atoms with Crippen LogP contribution in [-0.4, -0.2) is 14.4 Å². The van der Waals surface area contributed by atoms with Gasteiger partial charge < -0.3 is 0 Å². The fourth-order valence-corrected chi connectivity index (χ4v) is 2.27. The average Bonchev–Trinajstić information content (AvgIpc) is 2.79. The normalized spacial score (nSPS) is 11.3. The summed E-state index contributed by atoms with van der Waals surface area (Å²) < 4.78 is 2.08. The first-order valence-electron chi connectivity index (χ1n) is 6.16. The number of fused-ring (bicyclic) bond motifs is 1. The average molecular weight is 237 g/mol. The predicted molar refractivity (Wildman–Crippen MR) is 72.5 cm³/mol. The Bertz CT molecular complexity index is 669. The van der Waals surface area contributed by atoms with Gasteiger partial charge >= 0.3 is 0 Å². The summed E-state index contributed by atoms with van der Waals surface area (Å²) in [6.45, 7) is 4.37. The Morgan fingerprint density at radius 3 is 2.56 bits per heavy atom. The summed E-state index contributed by atoms with van der Waals surface area (Å²) in [5.74, 6) is 1.17. The van der Waals surface area contributed by atoms with E-state index in [1.807, 2.05) is 30.5 Å². The van der Waals surface area contributed by atoms with Crippen LogP contribution in [0.3, 0.4) is 0 Å². The second kappa shape index (κ2) is 4.26. The van der Waals surface area contributed by atoms with Crippen molar-refractivity contribution in [2.75, 3.05) is 0 Å². The molecule has 0 radical (unpaired) electrons. The maximum Gasteiger partial charge on any atom is 0.234 e. The maximum absolute atomic E-state index is 4.66. The zero-order valence-corrected chi connectivity index (χ0v) is 10.5. The van der Waals surface area contributed by atoms with Gasteiger partial charge in [-0.15, -0.1) is 0 Å². The van der Waals surface area contributed by atoms with Gasteiger partial charge in [0.1, 0.15) is 0 Å². The van der Waals surface area contributed by atoms with E-state index in [9.17, 15) is 0 Å². The molecule has 0 aliphatic carbocycles. The molecule has 0 spiro atoms. The topological polar surface area (TPSA) is 30.2 Å². The Hall–Kier alpha value is -2.16. The Kier molecular flexibility index (Phi) is 2.59. The van der Waals surface area contributed by atoms with E-state index >= 15 is 0 Å². The molecule has 2 heterocycles. The van der Waals surface area contributed by atoms with Crippen molar-refractivity contribution in [3.05, 3.63) is 54.5 Å². The molecule has 0 atom stereocenters. The third-order valence-electron chi connectivity index (χ3n) is 3.03. The van der Waals surface area contributed by atoms with Gasteiger partial charge in [-0.25, -0.2) is 9.97 Å². The second-order valence-corrected chi connectivity index (χ2v) is 4.66. The summed E-state index contributed by atoms with van der Waals surface area (Å²) in [6, 6.07) is 12.2. The number of nitrogens with zero attached hydrogens (tertiary/aromatic N) is 3. The zero-order chi connectivity index (χ0) is 12.5. The van der Waals surface area contributed by atoms with E-state index in [-0.39, 0.29) is 0 Å². The van der Waals surface area contributed by atoms with Gasteiger partial charge in [0.2, 0.25) is 5.78 Å². The second-order valence-electron chi connectivity index (χ2n) is 4.66. The van der Waals surface area contributed by atoms with Gasteiger partial charge in [0.05, 0.1) is 11.4 Å². The van der Waals surface area contributed by atoms with Crippen LogP contribution in [0.4, 0.5) is 0 Å². The maximum atomic E-state index is 4.66. The van der Waals surface area contributed by atoms with Crippen LogP contribution in [-0.2, 0) is 0 Å². The molecule has 1 aromatic carbocycles. The number of hydrogen-bond acceptors (Lipinski definition) is 2. The van der Waals surface area contributed by atoms with Crippen LogP contribution in [0.5, 0.6) is 0 Å². The van der Waals surface area contributed by atoms with Crippen molar-refractivity contribution in [3.8, 4) is 11.3 Å². The Morgan fingerprint density at radius 2 is 1.83 bits per heavy atom. The molecule has 90 valence electrons. The first-order valence-corrected chi connectivity index (χ1v) is 6.16. The van der Waals surface area contributed by atoms with E-state index in [0.29, 0.717) is 5.92 Å². The monoisotopic (exact) mass is 237 g/mol. The molecule has 0 bridgehead atoms. The molecular weight excluding hydrogens is 222 g/mol. The van der Waals surface area contributed by atoms with E-state index < -0.39 is 0 Å².